The van der Waals surface area contributed by atoms with Gasteiger partial charge in [-0.3, -0.25) is 18.8 Å². The molecule has 0 bridgehead atoms. The summed E-state index contributed by atoms with van der Waals surface area (Å²) in [5, 5.41) is 7.18. The van der Waals surface area contributed by atoms with Crippen LogP contribution >= 0.6 is 22.6 Å². The largest absolute Gasteiger partial charge is 0.324 e. The third-order valence-electron chi connectivity index (χ3n) is 3.18. The molecule has 0 saturated heterocycles. The maximum absolute atomic E-state index is 12.3. The summed E-state index contributed by atoms with van der Waals surface area (Å²) >= 11 is 2.14. The number of nitrogens with one attached hydrogen (secondary N) is 1. The smallest absolute Gasteiger partial charge is 0.264 e. The lowest BCUT2D eigenvalue weighted by Gasteiger charge is -2.08. The van der Waals surface area contributed by atoms with Gasteiger partial charge in [0.1, 0.15) is 18.3 Å². The van der Waals surface area contributed by atoms with Crippen LogP contribution in [-0.2, 0) is 18.4 Å². The molecule has 0 aliphatic carbocycles. The van der Waals surface area contributed by atoms with E-state index in [1.165, 1.54) is 21.8 Å². The quantitative estimate of drug-likeness (QED) is 0.663. The fourth-order valence-corrected chi connectivity index (χ4v) is 2.61. The first-order valence-electron chi connectivity index (χ1n) is 6.48. The van der Waals surface area contributed by atoms with Gasteiger partial charge in [-0.15, -0.1) is 0 Å². The number of fused-ring (bicyclic) bond motifs is 1. The Balaban J connectivity index is 1.84. The Morgan fingerprint density at radius 2 is 2.14 bits per heavy atom. The van der Waals surface area contributed by atoms with Crippen molar-refractivity contribution in [3.63, 3.8) is 0 Å². The summed E-state index contributed by atoms with van der Waals surface area (Å²) in [5.74, 6) is -0.281. The van der Waals surface area contributed by atoms with E-state index >= 15 is 0 Å². The number of anilines is 1. The number of amides is 1. The highest BCUT2D eigenvalue weighted by Gasteiger charge is 2.11. The van der Waals surface area contributed by atoms with Gasteiger partial charge in [0.25, 0.3) is 5.56 Å². The van der Waals surface area contributed by atoms with Gasteiger partial charge >= 0.3 is 0 Å². The minimum atomic E-state index is -0.281. The molecule has 2 heterocycles. The Kier molecular flexibility index (Phi) is 3.92. The lowest BCUT2D eigenvalue weighted by molar-refractivity contribution is -0.116. The molecule has 2 aromatic heterocycles. The van der Waals surface area contributed by atoms with E-state index in [9.17, 15) is 9.59 Å². The minimum absolute atomic E-state index is 0.0956. The summed E-state index contributed by atoms with van der Waals surface area (Å²) in [5.41, 5.74) is 0.937. The number of carbonyl (C=O) groups is 1. The van der Waals surface area contributed by atoms with Crippen molar-refractivity contribution in [1.29, 1.82) is 0 Å². The second kappa shape index (κ2) is 5.87. The molecule has 0 aliphatic heterocycles. The molecular weight excluding hydrogens is 397 g/mol. The highest BCUT2D eigenvalue weighted by Crippen LogP contribution is 2.16. The number of carbonyl (C=O) groups excluding carboxylic acids is 1. The van der Waals surface area contributed by atoms with Crippen molar-refractivity contribution < 1.29 is 4.79 Å². The van der Waals surface area contributed by atoms with Crippen LogP contribution in [0.15, 0.2) is 41.6 Å². The number of benzene rings is 1. The van der Waals surface area contributed by atoms with Gasteiger partial charge < -0.3 is 5.32 Å². The Labute approximate surface area is 139 Å². The Morgan fingerprint density at radius 1 is 1.36 bits per heavy atom. The summed E-state index contributed by atoms with van der Waals surface area (Å²) < 4.78 is 3.73. The topological polar surface area (TPSA) is 81.8 Å². The lowest BCUT2D eigenvalue weighted by atomic mass is 10.3. The third kappa shape index (κ3) is 2.73. The lowest BCUT2D eigenvalue weighted by Crippen LogP contribution is -2.28. The number of rotatable bonds is 3. The van der Waals surface area contributed by atoms with Crippen molar-refractivity contribution in [1.82, 2.24) is 19.3 Å². The molecule has 0 saturated carbocycles. The van der Waals surface area contributed by atoms with Crippen LogP contribution in [0.25, 0.3) is 11.0 Å². The van der Waals surface area contributed by atoms with Gasteiger partial charge in [-0.25, -0.2) is 4.98 Å². The van der Waals surface area contributed by atoms with Crippen molar-refractivity contribution in [2.24, 2.45) is 7.05 Å². The number of aryl methyl sites for hydroxylation is 1. The monoisotopic (exact) mass is 409 g/mol. The van der Waals surface area contributed by atoms with Gasteiger partial charge in [0.2, 0.25) is 5.91 Å². The molecule has 8 heteroatoms. The predicted octanol–water partition coefficient (Wildman–Crippen LogP) is 1.37. The van der Waals surface area contributed by atoms with E-state index in [0.29, 0.717) is 11.0 Å². The van der Waals surface area contributed by atoms with Gasteiger partial charge in [0.05, 0.1) is 11.9 Å². The van der Waals surface area contributed by atoms with E-state index in [4.69, 9.17) is 0 Å². The second-order valence-electron chi connectivity index (χ2n) is 4.71. The molecule has 112 valence electrons. The normalized spacial score (nSPS) is 10.8. The highest BCUT2D eigenvalue weighted by atomic mass is 127. The summed E-state index contributed by atoms with van der Waals surface area (Å²) in [4.78, 5) is 28.6. The van der Waals surface area contributed by atoms with Crippen LogP contribution in [0.3, 0.4) is 0 Å². The number of hydrogen-bond acceptors (Lipinski definition) is 4. The average Bonchev–Trinajstić information content (AvgIpc) is 2.87. The number of halogens is 1. The van der Waals surface area contributed by atoms with E-state index in [1.807, 2.05) is 24.3 Å². The molecule has 0 atom stereocenters. The van der Waals surface area contributed by atoms with Crippen LogP contribution in [0.2, 0.25) is 0 Å². The van der Waals surface area contributed by atoms with Crippen molar-refractivity contribution in [3.8, 4) is 0 Å². The molecule has 3 aromatic rings. The van der Waals surface area contributed by atoms with Crippen LogP contribution < -0.4 is 10.9 Å². The molecule has 0 unspecified atom stereocenters. The molecule has 1 N–H and O–H groups in total. The van der Waals surface area contributed by atoms with Gasteiger partial charge in [0, 0.05) is 10.6 Å². The van der Waals surface area contributed by atoms with E-state index in [2.05, 4.69) is 38.0 Å². The van der Waals surface area contributed by atoms with Crippen LogP contribution in [0.4, 0.5) is 5.69 Å². The van der Waals surface area contributed by atoms with Crippen molar-refractivity contribution in [2.75, 3.05) is 5.32 Å². The number of aromatic nitrogens is 4. The zero-order valence-electron chi connectivity index (χ0n) is 11.7. The van der Waals surface area contributed by atoms with Crippen LogP contribution in [0, 0.1) is 3.57 Å². The van der Waals surface area contributed by atoms with Gasteiger partial charge in [-0.05, 0) is 34.7 Å². The molecule has 7 nitrogen and oxygen atoms in total. The molecule has 22 heavy (non-hydrogen) atoms. The molecule has 0 radical (unpaired) electrons. The Hall–Kier alpha value is -2.23. The average molecular weight is 409 g/mol. The van der Waals surface area contributed by atoms with Crippen molar-refractivity contribution in [2.45, 2.75) is 6.54 Å². The van der Waals surface area contributed by atoms with Gasteiger partial charge in [0.15, 0.2) is 5.65 Å². The Morgan fingerprint density at radius 3 is 2.91 bits per heavy atom. The molecule has 0 aliphatic rings. The van der Waals surface area contributed by atoms with E-state index in [-0.39, 0.29) is 18.0 Å². The zero-order chi connectivity index (χ0) is 15.7. The zero-order valence-corrected chi connectivity index (χ0v) is 13.8. The summed E-state index contributed by atoms with van der Waals surface area (Å²) in [7, 11) is 1.71. The summed E-state index contributed by atoms with van der Waals surface area (Å²) in [6, 6.07) is 7.44. The first-order valence-corrected chi connectivity index (χ1v) is 7.55. The summed E-state index contributed by atoms with van der Waals surface area (Å²) in [6.07, 6.45) is 2.82. The maximum Gasteiger partial charge on any atom is 0.264 e. The van der Waals surface area contributed by atoms with Gasteiger partial charge in [-0.1, -0.05) is 12.1 Å². The predicted molar refractivity (Wildman–Crippen MR) is 90.6 cm³/mol. The molecule has 0 spiro atoms. The summed E-state index contributed by atoms with van der Waals surface area (Å²) in [6.45, 7) is -0.0956. The number of hydrogen-bond donors (Lipinski definition) is 1. The molecule has 1 amide bonds. The molecule has 1 aromatic carbocycles. The third-order valence-corrected chi connectivity index (χ3v) is 4.12. The Bertz CT molecular complexity index is 915. The first kappa shape index (κ1) is 14.7. The van der Waals surface area contributed by atoms with Crippen LogP contribution in [-0.4, -0.2) is 25.2 Å². The second-order valence-corrected chi connectivity index (χ2v) is 5.87. The highest BCUT2D eigenvalue weighted by molar-refractivity contribution is 14.1. The minimum Gasteiger partial charge on any atom is -0.324 e. The molecule has 0 fully saturated rings. The maximum atomic E-state index is 12.3. The van der Waals surface area contributed by atoms with Crippen LogP contribution in [0.1, 0.15) is 0 Å². The van der Waals surface area contributed by atoms with Crippen molar-refractivity contribution >= 4 is 45.2 Å². The van der Waals surface area contributed by atoms with E-state index in [0.717, 1.165) is 9.26 Å². The van der Waals surface area contributed by atoms with Gasteiger partial charge in [-0.2, -0.15) is 5.10 Å². The van der Waals surface area contributed by atoms with E-state index in [1.54, 1.807) is 7.05 Å². The van der Waals surface area contributed by atoms with Crippen LogP contribution in [0.5, 0.6) is 0 Å². The SMILES string of the molecule is Cn1ncc2c(=O)n(CC(=O)Nc3ccccc3I)cnc21. The fraction of sp³-hybridized carbons (Fsp3) is 0.143. The fourth-order valence-electron chi connectivity index (χ4n) is 2.09. The first-order chi connectivity index (χ1) is 10.6. The standard InChI is InChI=1S/C14H12IN5O2/c1-19-13-9(6-17-19)14(22)20(8-16-13)7-12(21)18-11-5-3-2-4-10(11)15/h2-6,8H,7H2,1H3,(H,18,21). The molecule has 3 rings (SSSR count). The molecular formula is C14H12IN5O2. The van der Waals surface area contributed by atoms with E-state index < -0.39 is 0 Å². The van der Waals surface area contributed by atoms with Crippen molar-refractivity contribution in [3.05, 3.63) is 50.7 Å². The number of para-hydroxylation sites is 1. The number of nitrogens with zero attached hydrogens (tertiary/aromatic N) is 4.